The Hall–Kier alpha value is -3.45. The first-order valence-corrected chi connectivity index (χ1v) is 11.1. The number of fused-ring (bicyclic) bond motifs is 4. The maximum Gasteiger partial charge on any atom is 0.0715 e. The quantitative estimate of drug-likeness (QED) is 0.337. The Balaban J connectivity index is 1.54. The monoisotopic (exact) mass is 399 g/mol. The highest BCUT2D eigenvalue weighted by Gasteiger charge is 2.35. The van der Waals surface area contributed by atoms with E-state index in [1.54, 1.807) is 0 Å². The number of hydrogen-bond donors (Lipinski definition) is 0. The number of hydrogen-bond acceptors (Lipinski definition) is 1. The average molecular weight is 400 g/mol. The molecule has 0 radical (unpaired) electrons. The summed E-state index contributed by atoms with van der Waals surface area (Å²) in [4.78, 5) is 5.11. The third kappa shape index (κ3) is 2.80. The van der Waals surface area contributed by atoms with Crippen LogP contribution in [0.2, 0.25) is 0 Å². The topological polar surface area (TPSA) is 12.9 Å². The Labute approximate surface area is 184 Å². The van der Waals surface area contributed by atoms with Crippen LogP contribution in [0.5, 0.6) is 0 Å². The Morgan fingerprint density at radius 3 is 2.35 bits per heavy atom. The lowest BCUT2D eigenvalue weighted by atomic mass is 9.81. The molecule has 0 fully saturated rings. The van der Waals surface area contributed by atoms with Crippen molar-refractivity contribution in [3.63, 3.8) is 0 Å². The Bertz CT molecular complexity index is 1340. The van der Waals surface area contributed by atoms with Crippen LogP contribution in [0.3, 0.4) is 0 Å². The van der Waals surface area contributed by atoms with E-state index in [0.29, 0.717) is 0 Å². The zero-order valence-corrected chi connectivity index (χ0v) is 18.0. The van der Waals surface area contributed by atoms with Gasteiger partial charge in [-0.25, -0.2) is 4.98 Å². The van der Waals surface area contributed by atoms with Crippen molar-refractivity contribution in [3.05, 3.63) is 107 Å². The molecule has 1 heteroatoms. The van der Waals surface area contributed by atoms with Gasteiger partial charge in [0.25, 0.3) is 0 Å². The molecule has 1 heterocycles. The van der Waals surface area contributed by atoms with Gasteiger partial charge < -0.3 is 0 Å². The minimum atomic E-state index is -0.00168. The fourth-order valence-electron chi connectivity index (χ4n) is 5.30. The lowest BCUT2D eigenvalue weighted by Gasteiger charge is -2.22. The van der Waals surface area contributed by atoms with E-state index in [1.807, 2.05) is 0 Å². The molecule has 0 spiro atoms. The molecule has 3 aromatic carbocycles. The smallest absolute Gasteiger partial charge is 0.0715 e. The Morgan fingerprint density at radius 2 is 1.48 bits per heavy atom. The predicted molar refractivity (Wildman–Crippen MR) is 130 cm³/mol. The van der Waals surface area contributed by atoms with Gasteiger partial charge in [0.05, 0.1) is 11.4 Å². The summed E-state index contributed by atoms with van der Waals surface area (Å²) in [5.41, 5.74) is 12.8. The van der Waals surface area contributed by atoms with Crippen LogP contribution < -0.4 is 0 Å². The minimum Gasteiger partial charge on any atom is -0.248 e. The van der Waals surface area contributed by atoms with Gasteiger partial charge in [-0.2, -0.15) is 0 Å². The van der Waals surface area contributed by atoms with Gasteiger partial charge >= 0.3 is 0 Å². The molecule has 4 aromatic rings. The van der Waals surface area contributed by atoms with Crippen LogP contribution in [-0.4, -0.2) is 4.98 Å². The minimum absolute atomic E-state index is 0.00168. The molecule has 0 saturated heterocycles. The van der Waals surface area contributed by atoms with Gasteiger partial charge in [-0.05, 0) is 70.0 Å². The Morgan fingerprint density at radius 1 is 0.710 bits per heavy atom. The fraction of sp³-hybridized carbons (Fsp3) is 0.167. The maximum atomic E-state index is 5.11. The van der Waals surface area contributed by atoms with Crippen LogP contribution >= 0.6 is 0 Å². The zero-order chi connectivity index (χ0) is 21.0. The summed E-state index contributed by atoms with van der Waals surface area (Å²) in [6.07, 6.45) is 6.58. The molecule has 0 bridgehead atoms. The third-order valence-corrected chi connectivity index (χ3v) is 6.96. The van der Waals surface area contributed by atoms with Crippen LogP contribution in [0.25, 0.3) is 39.6 Å². The van der Waals surface area contributed by atoms with Crippen LogP contribution in [0.15, 0.2) is 84.9 Å². The number of allylic oxidation sites excluding steroid dienone is 1. The summed E-state index contributed by atoms with van der Waals surface area (Å²) < 4.78 is 0. The second-order valence-electron chi connectivity index (χ2n) is 9.16. The SMILES string of the molecule is CC1(C)c2ccccc2-c2ccc(-c3cc(-c4ccccc4)c4c(n3)C=CCC4)cc21. The van der Waals surface area contributed by atoms with Crippen molar-refractivity contribution in [1.82, 2.24) is 4.98 Å². The second-order valence-corrected chi connectivity index (χ2v) is 9.16. The van der Waals surface area contributed by atoms with Crippen LogP contribution in [0.1, 0.15) is 42.7 Å². The zero-order valence-electron chi connectivity index (χ0n) is 18.0. The van der Waals surface area contributed by atoms with E-state index >= 15 is 0 Å². The molecule has 0 saturated carbocycles. The third-order valence-electron chi connectivity index (χ3n) is 6.96. The maximum absolute atomic E-state index is 5.11. The number of rotatable bonds is 2. The lowest BCUT2D eigenvalue weighted by molar-refractivity contribution is 0.660. The second kappa shape index (κ2) is 6.78. The molecule has 2 aliphatic carbocycles. The molecule has 2 aliphatic rings. The van der Waals surface area contributed by atoms with Crippen molar-refractivity contribution >= 4 is 6.08 Å². The summed E-state index contributed by atoms with van der Waals surface area (Å²) in [7, 11) is 0. The van der Waals surface area contributed by atoms with Crippen molar-refractivity contribution in [3.8, 4) is 33.5 Å². The van der Waals surface area contributed by atoms with Gasteiger partial charge in [0.2, 0.25) is 0 Å². The average Bonchev–Trinajstić information content (AvgIpc) is 3.06. The summed E-state index contributed by atoms with van der Waals surface area (Å²) >= 11 is 0. The van der Waals surface area contributed by atoms with Gasteiger partial charge in [-0.3, -0.25) is 0 Å². The van der Waals surface area contributed by atoms with E-state index in [-0.39, 0.29) is 5.41 Å². The van der Waals surface area contributed by atoms with E-state index in [1.165, 1.54) is 44.5 Å². The first-order chi connectivity index (χ1) is 15.1. The van der Waals surface area contributed by atoms with Crippen molar-refractivity contribution < 1.29 is 0 Å². The van der Waals surface area contributed by atoms with Crippen LogP contribution in [0.4, 0.5) is 0 Å². The molecule has 150 valence electrons. The molecule has 31 heavy (non-hydrogen) atoms. The highest BCUT2D eigenvalue weighted by atomic mass is 14.7. The summed E-state index contributed by atoms with van der Waals surface area (Å²) in [5, 5.41) is 0. The summed E-state index contributed by atoms with van der Waals surface area (Å²) in [6, 6.07) is 28.7. The normalized spacial score (nSPS) is 15.3. The highest BCUT2D eigenvalue weighted by Crippen LogP contribution is 2.49. The standard InChI is InChI=1S/C30H25N/c1-30(2)26-14-8-6-12-22(26)23-17-16-21(18-27(23)30)29-19-25(20-10-4-3-5-11-20)24-13-7-9-15-28(24)31-29/h3-6,8-12,14-19H,7,13H2,1-2H3. The molecule has 1 nitrogen and oxygen atoms in total. The molecule has 0 atom stereocenters. The van der Waals surface area contributed by atoms with Crippen molar-refractivity contribution in [2.75, 3.05) is 0 Å². The van der Waals surface area contributed by atoms with Gasteiger partial charge in [-0.1, -0.05) is 86.7 Å². The molecule has 0 N–H and O–H groups in total. The van der Waals surface area contributed by atoms with Crippen LogP contribution in [0, 0.1) is 0 Å². The van der Waals surface area contributed by atoms with E-state index in [9.17, 15) is 0 Å². The summed E-state index contributed by atoms with van der Waals surface area (Å²) in [6.45, 7) is 4.67. The first-order valence-electron chi connectivity index (χ1n) is 11.1. The largest absolute Gasteiger partial charge is 0.248 e. The molecule has 1 aromatic heterocycles. The number of benzene rings is 3. The predicted octanol–water partition coefficient (Wildman–Crippen LogP) is 7.68. The van der Waals surface area contributed by atoms with E-state index in [2.05, 4.69) is 105 Å². The number of nitrogens with zero attached hydrogens (tertiary/aromatic N) is 1. The molecular weight excluding hydrogens is 374 g/mol. The summed E-state index contributed by atoms with van der Waals surface area (Å²) in [5.74, 6) is 0. The lowest BCUT2D eigenvalue weighted by Crippen LogP contribution is -2.15. The molecule has 0 aliphatic heterocycles. The number of pyridine rings is 1. The Kier molecular flexibility index (Phi) is 4.01. The van der Waals surface area contributed by atoms with Gasteiger partial charge in [0, 0.05) is 11.0 Å². The van der Waals surface area contributed by atoms with Crippen LogP contribution in [-0.2, 0) is 11.8 Å². The van der Waals surface area contributed by atoms with Gasteiger partial charge in [-0.15, -0.1) is 0 Å². The fourth-order valence-corrected chi connectivity index (χ4v) is 5.30. The molecular formula is C30H25N. The van der Waals surface area contributed by atoms with Gasteiger partial charge in [0.1, 0.15) is 0 Å². The highest BCUT2D eigenvalue weighted by molar-refractivity contribution is 5.84. The molecule has 0 unspecified atom stereocenters. The number of aromatic nitrogens is 1. The van der Waals surface area contributed by atoms with Crippen molar-refractivity contribution in [1.29, 1.82) is 0 Å². The van der Waals surface area contributed by atoms with Gasteiger partial charge in [0.15, 0.2) is 0 Å². The first kappa shape index (κ1) is 18.3. The van der Waals surface area contributed by atoms with E-state index < -0.39 is 0 Å². The molecule has 6 rings (SSSR count). The molecule has 0 amide bonds. The van der Waals surface area contributed by atoms with Crippen molar-refractivity contribution in [2.24, 2.45) is 0 Å². The van der Waals surface area contributed by atoms with E-state index in [0.717, 1.165) is 24.2 Å². The van der Waals surface area contributed by atoms with E-state index in [4.69, 9.17) is 4.98 Å². The van der Waals surface area contributed by atoms with Crippen molar-refractivity contribution in [2.45, 2.75) is 32.1 Å².